The zero-order chi connectivity index (χ0) is 19.1. The standard InChI is InChI=1S/C19H28N6O2/c1-20-19(21-13-15-4-7-22-24-15)23-14-5-8-25(9-6-14)16-10-17(26-2)12-18(11-16)27-3/h4,7,10-12,14H,5-6,8-9,13H2,1-3H3,(H,22,24)(H2,20,21,23). The molecule has 8 nitrogen and oxygen atoms in total. The first-order valence-corrected chi connectivity index (χ1v) is 9.15. The van der Waals surface area contributed by atoms with Crippen molar-refractivity contribution >= 4 is 11.6 Å². The summed E-state index contributed by atoms with van der Waals surface area (Å²) in [6.45, 7) is 2.60. The third-order valence-corrected chi connectivity index (χ3v) is 4.77. The van der Waals surface area contributed by atoms with Gasteiger partial charge in [0.25, 0.3) is 0 Å². The number of aromatic amines is 1. The maximum atomic E-state index is 5.38. The van der Waals surface area contributed by atoms with Crippen LogP contribution in [0.15, 0.2) is 35.5 Å². The highest BCUT2D eigenvalue weighted by molar-refractivity contribution is 5.79. The Kier molecular flexibility index (Phi) is 6.40. The molecule has 2 aromatic rings. The number of nitrogens with one attached hydrogen (secondary N) is 3. The molecule has 0 aliphatic carbocycles. The fourth-order valence-electron chi connectivity index (χ4n) is 3.21. The predicted molar refractivity (Wildman–Crippen MR) is 107 cm³/mol. The number of hydrogen-bond acceptors (Lipinski definition) is 5. The molecule has 1 saturated heterocycles. The third kappa shape index (κ3) is 5.06. The highest BCUT2D eigenvalue weighted by Gasteiger charge is 2.21. The van der Waals surface area contributed by atoms with Crippen LogP contribution >= 0.6 is 0 Å². The van der Waals surface area contributed by atoms with E-state index in [1.54, 1.807) is 27.5 Å². The summed E-state index contributed by atoms with van der Waals surface area (Å²) in [5, 5.41) is 13.7. The van der Waals surface area contributed by atoms with Crippen LogP contribution < -0.4 is 25.0 Å². The fraction of sp³-hybridized carbons (Fsp3) is 0.474. The largest absolute Gasteiger partial charge is 0.497 e. The molecule has 0 spiro atoms. The molecular formula is C19H28N6O2. The molecule has 0 saturated carbocycles. The Morgan fingerprint density at radius 2 is 1.93 bits per heavy atom. The number of H-pyrrole nitrogens is 1. The van der Waals surface area contributed by atoms with Crippen molar-refractivity contribution in [3.8, 4) is 11.5 Å². The Hall–Kier alpha value is -2.90. The monoisotopic (exact) mass is 372 g/mol. The molecule has 3 N–H and O–H groups in total. The van der Waals surface area contributed by atoms with Crippen LogP contribution in [0.25, 0.3) is 0 Å². The molecule has 146 valence electrons. The Bertz CT molecular complexity index is 716. The molecule has 0 unspecified atom stereocenters. The molecular weight excluding hydrogens is 344 g/mol. The molecule has 2 heterocycles. The molecule has 3 rings (SSSR count). The number of benzene rings is 1. The van der Waals surface area contributed by atoms with E-state index in [-0.39, 0.29) is 0 Å². The minimum atomic E-state index is 0.390. The Balaban J connectivity index is 1.52. The van der Waals surface area contributed by atoms with E-state index in [9.17, 15) is 0 Å². The van der Waals surface area contributed by atoms with E-state index < -0.39 is 0 Å². The van der Waals surface area contributed by atoms with Gasteiger partial charge in [0.15, 0.2) is 5.96 Å². The highest BCUT2D eigenvalue weighted by atomic mass is 16.5. The highest BCUT2D eigenvalue weighted by Crippen LogP contribution is 2.30. The number of anilines is 1. The average Bonchev–Trinajstić information content (AvgIpc) is 3.24. The summed E-state index contributed by atoms with van der Waals surface area (Å²) in [7, 11) is 5.15. The fourth-order valence-corrected chi connectivity index (χ4v) is 3.21. The first-order valence-electron chi connectivity index (χ1n) is 9.15. The van der Waals surface area contributed by atoms with Crippen molar-refractivity contribution in [1.82, 2.24) is 20.8 Å². The van der Waals surface area contributed by atoms with Crippen molar-refractivity contribution in [2.24, 2.45) is 4.99 Å². The van der Waals surface area contributed by atoms with Gasteiger partial charge >= 0.3 is 0 Å². The van der Waals surface area contributed by atoms with Crippen LogP contribution in [0.3, 0.4) is 0 Å². The maximum Gasteiger partial charge on any atom is 0.191 e. The lowest BCUT2D eigenvalue weighted by molar-refractivity contribution is 0.393. The molecule has 1 aromatic carbocycles. The lowest BCUT2D eigenvalue weighted by atomic mass is 10.0. The third-order valence-electron chi connectivity index (χ3n) is 4.77. The minimum absolute atomic E-state index is 0.390. The van der Waals surface area contributed by atoms with Gasteiger partial charge in [0.2, 0.25) is 0 Å². The molecule has 1 fully saturated rings. The van der Waals surface area contributed by atoms with Crippen molar-refractivity contribution in [3.05, 3.63) is 36.2 Å². The molecule has 1 aliphatic rings. The Morgan fingerprint density at radius 1 is 1.22 bits per heavy atom. The van der Waals surface area contributed by atoms with Gasteiger partial charge in [-0.3, -0.25) is 10.1 Å². The van der Waals surface area contributed by atoms with Crippen LogP contribution in [0.1, 0.15) is 18.5 Å². The van der Waals surface area contributed by atoms with Crippen LogP contribution in [-0.4, -0.2) is 56.6 Å². The number of nitrogens with zero attached hydrogens (tertiary/aromatic N) is 3. The van der Waals surface area contributed by atoms with E-state index in [0.717, 1.165) is 54.8 Å². The maximum absolute atomic E-state index is 5.38. The zero-order valence-corrected chi connectivity index (χ0v) is 16.2. The normalized spacial score (nSPS) is 15.5. The van der Waals surface area contributed by atoms with E-state index in [1.807, 2.05) is 12.1 Å². The van der Waals surface area contributed by atoms with E-state index in [1.165, 1.54) is 0 Å². The van der Waals surface area contributed by atoms with Crippen LogP contribution in [0.4, 0.5) is 5.69 Å². The van der Waals surface area contributed by atoms with Crippen LogP contribution in [0.5, 0.6) is 11.5 Å². The minimum Gasteiger partial charge on any atom is -0.497 e. The summed E-state index contributed by atoms with van der Waals surface area (Å²) >= 11 is 0. The predicted octanol–water partition coefficient (Wildman–Crippen LogP) is 1.76. The van der Waals surface area contributed by atoms with Gasteiger partial charge in [-0.25, -0.2) is 0 Å². The van der Waals surface area contributed by atoms with Gasteiger partial charge in [-0.15, -0.1) is 0 Å². The van der Waals surface area contributed by atoms with Crippen molar-refractivity contribution < 1.29 is 9.47 Å². The molecule has 1 aliphatic heterocycles. The van der Waals surface area contributed by atoms with Crippen LogP contribution in [-0.2, 0) is 6.54 Å². The van der Waals surface area contributed by atoms with Gasteiger partial charge in [0.05, 0.1) is 26.5 Å². The second-order valence-corrected chi connectivity index (χ2v) is 6.48. The first-order chi connectivity index (χ1) is 13.2. The molecule has 0 atom stereocenters. The zero-order valence-electron chi connectivity index (χ0n) is 16.2. The van der Waals surface area contributed by atoms with E-state index in [2.05, 4.69) is 42.9 Å². The molecule has 27 heavy (non-hydrogen) atoms. The van der Waals surface area contributed by atoms with Gasteiger partial charge < -0.3 is 25.0 Å². The summed E-state index contributed by atoms with van der Waals surface area (Å²) in [6, 6.07) is 8.35. The number of aromatic nitrogens is 2. The molecule has 0 amide bonds. The van der Waals surface area contributed by atoms with Crippen molar-refractivity contribution in [3.63, 3.8) is 0 Å². The number of rotatable bonds is 6. The lowest BCUT2D eigenvalue weighted by Crippen LogP contribution is -2.48. The van der Waals surface area contributed by atoms with Crippen LogP contribution in [0.2, 0.25) is 0 Å². The number of guanidine groups is 1. The van der Waals surface area contributed by atoms with Crippen LogP contribution in [0, 0.1) is 0 Å². The summed E-state index contributed by atoms with van der Waals surface area (Å²) < 4.78 is 10.8. The molecule has 0 radical (unpaired) electrons. The summed E-state index contributed by atoms with van der Waals surface area (Å²) in [4.78, 5) is 6.68. The summed E-state index contributed by atoms with van der Waals surface area (Å²) in [5.41, 5.74) is 2.16. The van der Waals surface area contributed by atoms with Crippen molar-refractivity contribution in [2.75, 3.05) is 39.3 Å². The lowest BCUT2D eigenvalue weighted by Gasteiger charge is -2.34. The van der Waals surface area contributed by atoms with Gasteiger partial charge in [-0.2, -0.15) is 5.10 Å². The van der Waals surface area contributed by atoms with Gasteiger partial charge in [0.1, 0.15) is 11.5 Å². The number of ether oxygens (including phenoxy) is 2. The number of aliphatic imine (C=N–C) groups is 1. The quantitative estimate of drug-likeness (QED) is 0.529. The SMILES string of the molecule is CN=C(NCc1ccn[nH]1)NC1CCN(c2cc(OC)cc(OC)c2)CC1. The average molecular weight is 372 g/mol. The Labute approximate surface area is 160 Å². The van der Waals surface area contributed by atoms with E-state index >= 15 is 0 Å². The number of hydrogen-bond donors (Lipinski definition) is 3. The van der Waals surface area contributed by atoms with Gasteiger partial charge in [0, 0.05) is 56.3 Å². The summed E-state index contributed by atoms with van der Waals surface area (Å²) in [6.07, 6.45) is 3.81. The summed E-state index contributed by atoms with van der Waals surface area (Å²) in [5.74, 6) is 2.44. The number of methoxy groups -OCH3 is 2. The molecule has 0 bridgehead atoms. The van der Waals surface area contributed by atoms with E-state index in [4.69, 9.17) is 9.47 Å². The van der Waals surface area contributed by atoms with Gasteiger partial charge in [-0.05, 0) is 18.9 Å². The smallest absolute Gasteiger partial charge is 0.191 e. The van der Waals surface area contributed by atoms with Gasteiger partial charge in [-0.1, -0.05) is 0 Å². The topological polar surface area (TPSA) is 86.8 Å². The second-order valence-electron chi connectivity index (χ2n) is 6.48. The van der Waals surface area contributed by atoms with Crippen molar-refractivity contribution in [1.29, 1.82) is 0 Å². The number of piperidine rings is 1. The van der Waals surface area contributed by atoms with E-state index in [0.29, 0.717) is 12.6 Å². The Morgan fingerprint density at radius 3 is 2.48 bits per heavy atom. The van der Waals surface area contributed by atoms with Crippen molar-refractivity contribution in [2.45, 2.75) is 25.4 Å². The second kappa shape index (κ2) is 9.16. The molecule has 1 aromatic heterocycles. The first kappa shape index (κ1) is 18.9. The molecule has 8 heteroatoms.